The van der Waals surface area contributed by atoms with Crippen LogP contribution in [-0.4, -0.2) is 13.5 Å². The van der Waals surface area contributed by atoms with E-state index in [1.54, 1.807) is 6.07 Å². The Hall–Kier alpha value is -1.24. The molecule has 0 saturated carbocycles. The Morgan fingerprint density at radius 1 is 1.28 bits per heavy atom. The Bertz CT molecular complexity index is 679. The molecule has 0 spiro atoms. The van der Waals surface area contributed by atoms with Crippen LogP contribution in [0.5, 0.6) is 5.75 Å². The van der Waals surface area contributed by atoms with E-state index >= 15 is 0 Å². The van der Waals surface area contributed by atoms with Gasteiger partial charge in [-0.1, -0.05) is 11.6 Å². The average Bonchev–Trinajstić information content (AvgIpc) is 2.70. The third-order valence-corrected chi connectivity index (χ3v) is 5.35. The normalized spacial score (nSPS) is 11.4. The minimum atomic E-state index is -3.63. The summed E-state index contributed by atoms with van der Waals surface area (Å²) in [5.74, 6) is -0.0186. The van der Waals surface area contributed by atoms with Crippen LogP contribution in [0.15, 0.2) is 34.5 Å². The van der Waals surface area contributed by atoms with Crippen molar-refractivity contribution in [2.45, 2.75) is 11.1 Å². The Labute approximate surface area is 114 Å². The van der Waals surface area contributed by atoms with Crippen LogP contribution in [0.3, 0.4) is 0 Å². The molecular formula is C11H10ClNO3S2. The largest absolute Gasteiger partial charge is 0.508 e. The van der Waals surface area contributed by atoms with Crippen molar-refractivity contribution in [1.29, 1.82) is 0 Å². The molecule has 0 bridgehead atoms. The number of anilines is 1. The predicted octanol–water partition coefficient (Wildman–Crippen LogP) is 3.22. The van der Waals surface area contributed by atoms with E-state index in [1.807, 2.05) is 6.92 Å². The molecule has 0 atom stereocenters. The van der Waals surface area contributed by atoms with E-state index in [-0.39, 0.29) is 20.7 Å². The monoisotopic (exact) mass is 303 g/mol. The lowest BCUT2D eigenvalue weighted by molar-refractivity contribution is 0.475. The fourth-order valence-corrected chi connectivity index (χ4v) is 3.98. The van der Waals surface area contributed by atoms with Gasteiger partial charge in [0.05, 0.1) is 10.7 Å². The zero-order valence-corrected chi connectivity index (χ0v) is 11.7. The Kier molecular flexibility index (Phi) is 3.52. The highest BCUT2D eigenvalue weighted by Crippen LogP contribution is 2.29. The molecule has 0 unspecified atom stereocenters. The Balaban J connectivity index is 2.33. The molecule has 0 radical (unpaired) electrons. The molecule has 1 heterocycles. The number of hydrogen-bond acceptors (Lipinski definition) is 4. The van der Waals surface area contributed by atoms with E-state index < -0.39 is 10.0 Å². The van der Waals surface area contributed by atoms with Crippen LogP contribution in [0.25, 0.3) is 0 Å². The van der Waals surface area contributed by atoms with Crippen molar-refractivity contribution in [3.05, 3.63) is 40.2 Å². The number of rotatable bonds is 3. The summed E-state index contributed by atoms with van der Waals surface area (Å²) in [5.41, 5.74) is 0.237. The smallest absolute Gasteiger partial charge is 0.271 e. The molecule has 1 aromatic carbocycles. The summed E-state index contributed by atoms with van der Waals surface area (Å²) >= 11 is 7.02. The van der Waals surface area contributed by atoms with Crippen molar-refractivity contribution in [3.63, 3.8) is 0 Å². The first-order valence-electron chi connectivity index (χ1n) is 4.96. The topological polar surface area (TPSA) is 66.4 Å². The maximum Gasteiger partial charge on any atom is 0.271 e. The van der Waals surface area contributed by atoms with Gasteiger partial charge in [0.2, 0.25) is 0 Å². The minimum absolute atomic E-state index is 0.0186. The van der Waals surface area contributed by atoms with Crippen molar-refractivity contribution in [3.8, 4) is 5.75 Å². The van der Waals surface area contributed by atoms with Crippen LogP contribution in [0.1, 0.15) is 4.88 Å². The lowest BCUT2D eigenvalue weighted by Crippen LogP contribution is -2.11. The SMILES string of the molecule is Cc1ccc(S(=O)(=O)Nc2ccc(O)cc2Cl)s1. The Morgan fingerprint density at radius 2 is 2.00 bits per heavy atom. The molecule has 7 heteroatoms. The summed E-state index contributed by atoms with van der Waals surface area (Å²) < 4.78 is 26.7. The van der Waals surface area contributed by atoms with E-state index in [1.165, 1.54) is 35.6 Å². The maximum atomic E-state index is 12.0. The lowest BCUT2D eigenvalue weighted by Gasteiger charge is -2.08. The van der Waals surface area contributed by atoms with Crippen LogP contribution in [0, 0.1) is 6.92 Å². The maximum absolute atomic E-state index is 12.0. The van der Waals surface area contributed by atoms with Gasteiger partial charge in [0, 0.05) is 10.9 Å². The third kappa shape index (κ3) is 2.77. The van der Waals surface area contributed by atoms with Crippen molar-refractivity contribution in [1.82, 2.24) is 0 Å². The molecule has 96 valence electrons. The van der Waals surface area contributed by atoms with Gasteiger partial charge in [0.15, 0.2) is 0 Å². The lowest BCUT2D eigenvalue weighted by atomic mass is 10.3. The molecule has 0 aliphatic carbocycles. The number of halogens is 1. The second kappa shape index (κ2) is 4.79. The quantitative estimate of drug-likeness (QED) is 0.856. The summed E-state index contributed by atoms with van der Waals surface area (Å²) in [5, 5.41) is 9.34. The average molecular weight is 304 g/mol. The summed E-state index contributed by atoms with van der Waals surface area (Å²) in [7, 11) is -3.63. The van der Waals surface area contributed by atoms with Crippen molar-refractivity contribution in [2.24, 2.45) is 0 Å². The van der Waals surface area contributed by atoms with Gasteiger partial charge in [0.1, 0.15) is 9.96 Å². The zero-order valence-electron chi connectivity index (χ0n) is 9.34. The van der Waals surface area contributed by atoms with Crippen LogP contribution in [0.4, 0.5) is 5.69 Å². The number of aromatic hydroxyl groups is 1. The van der Waals surface area contributed by atoms with Gasteiger partial charge in [-0.2, -0.15) is 0 Å². The number of aryl methyl sites for hydroxylation is 1. The van der Waals surface area contributed by atoms with Crippen molar-refractivity contribution >= 4 is 38.6 Å². The molecule has 0 aliphatic rings. The number of thiophene rings is 1. The van der Waals surface area contributed by atoms with Crippen molar-refractivity contribution < 1.29 is 13.5 Å². The summed E-state index contributed by atoms with van der Waals surface area (Å²) in [6.07, 6.45) is 0. The van der Waals surface area contributed by atoms with E-state index in [9.17, 15) is 13.5 Å². The fraction of sp³-hybridized carbons (Fsp3) is 0.0909. The van der Waals surface area contributed by atoms with E-state index in [4.69, 9.17) is 11.6 Å². The van der Waals surface area contributed by atoms with Crippen LogP contribution in [0.2, 0.25) is 5.02 Å². The van der Waals surface area contributed by atoms with Gasteiger partial charge in [-0.3, -0.25) is 4.72 Å². The van der Waals surface area contributed by atoms with Gasteiger partial charge in [-0.15, -0.1) is 11.3 Å². The molecule has 4 nitrogen and oxygen atoms in total. The minimum Gasteiger partial charge on any atom is -0.508 e. The highest BCUT2D eigenvalue weighted by Gasteiger charge is 2.17. The summed E-state index contributed by atoms with van der Waals surface area (Å²) in [4.78, 5) is 0.909. The van der Waals surface area contributed by atoms with Crippen LogP contribution < -0.4 is 4.72 Å². The van der Waals surface area contributed by atoms with Gasteiger partial charge in [0.25, 0.3) is 10.0 Å². The van der Waals surface area contributed by atoms with E-state index in [2.05, 4.69) is 4.72 Å². The van der Waals surface area contributed by atoms with Crippen LogP contribution in [-0.2, 0) is 10.0 Å². The highest BCUT2D eigenvalue weighted by atomic mass is 35.5. The molecule has 2 N–H and O–H groups in total. The number of phenolic OH excluding ortho intramolecular Hbond substituents is 1. The van der Waals surface area contributed by atoms with E-state index in [0.29, 0.717) is 0 Å². The third-order valence-electron chi connectivity index (χ3n) is 2.18. The molecule has 18 heavy (non-hydrogen) atoms. The number of phenols is 1. The summed E-state index contributed by atoms with van der Waals surface area (Å²) in [6.45, 7) is 1.83. The summed E-state index contributed by atoms with van der Waals surface area (Å²) in [6, 6.07) is 7.33. The second-order valence-electron chi connectivity index (χ2n) is 3.63. The van der Waals surface area contributed by atoms with Gasteiger partial charge in [-0.25, -0.2) is 8.42 Å². The Morgan fingerprint density at radius 3 is 2.56 bits per heavy atom. The van der Waals surface area contributed by atoms with Crippen molar-refractivity contribution in [2.75, 3.05) is 4.72 Å². The van der Waals surface area contributed by atoms with Crippen LogP contribution >= 0.6 is 22.9 Å². The molecular weight excluding hydrogens is 294 g/mol. The molecule has 2 aromatic rings. The first kappa shape index (κ1) is 13.2. The van der Waals surface area contributed by atoms with Gasteiger partial charge in [-0.05, 0) is 31.2 Å². The molecule has 0 aliphatic heterocycles. The standard InChI is InChI=1S/C11H10ClNO3S2/c1-7-2-5-11(17-7)18(15,16)13-10-4-3-8(14)6-9(10)12/h2-6,13-14H,1H3. The molecule has 0 saturated heterocycles. The number of nitrogens with one attached hydrogen (secondary N) is 1. The van der Waals surface area contributed by atoms with E-state index in [0.717, 1.165) is 4.88 Å². The van der Waals surface area contributed by atoms with Gasteiger partial charge >= 0.3 is 0 Å². The zero-order chi connectivity index (χ0) is 13.3. The molecule has 2 rings (SSSR count). The number of benzene rings is 1. The first-order valence-corrected chi connectivity index (χ1v) is 7.64. The highest BCUT2D eigenvalue weighted by molar-refractivity contribution is 7.94. The fourth-order valence-electron chi connectivity index (χ4n) is 1.34. The number of sulfonamides is 1. The first-order chi connectivity index (χ1) is 8.38. The molecule has 0 amide bonds. The molecule has 0 fully saturated rings. The number of hydrogen-bond donors (Lipinski definition) is 2. The second-order valence-corrected chi connectivity index (χ2v) is 7.24. The predicted molar refractivity (Wildman–Crippen MR) is 73.0 cm³/mol. The van der Waals surface area contributed by atoms with Gasteiger partial charge < -0.3 is 5.11 Å². The molecule has 1 aromatic heterocycles.